The van der Waals surface area contributed by atoms with E-state index in [0.29, 0.717) is 11.1 Å². The molecule has 1 heterocycles. The smallest absolute Gasteiger partial charge is 0.183 e. The number of allylic oxidation sites excluding steroid dienone is 2. The van der Waals surface area contributed by atoms with Crippen molar-refractivity contribution < 1.29 is 16.8 Å². The Balaban J connectivity index is 1.90. The molecule has 4 nitrogen and oxygen atoms in total. The van der Waals surface area contributed by atoms with E-state index in [-0.39, 0.29) is 16.2 Å². The van der Waals surface area contributed by atoms with Gasteiger partial charge in [0.25, 0.3) is 0 Å². The summed E-state index contributed by atoms with van der Waals surface area (Å²) in [7, 11) is -7.90. The zero-order chi connectivity index (χ0) is 23.0. The van der Waals surface area contributed by atoms with Gasteiger partial charge < -0.3 is 0 Å². The first-order chi connectivity index (χ1) is 15.8. The first-order valence-electron chi connectivity index (χ1n) is 11.0. The molecule has 1 aliphatic heterocycles. The van der Waals surface area contributed by atoms with Crippen molar-refractivity contribution in [2.75, 3.05) is 0 Å². The summed E-state index contributed by atoms with van der Waals surface area (Å²) in [4.78, 5) is 0.428. The van der Waals surface area contributed by atoms with Crippen molar-refractivity contribution in [2.45, 2.75) is 33.6 Å². The van der Waals surface area contributed by atoms with Crippen LogP contribution in [0.4, 0.5) is 0 Å². The first kappa shape index (κ1) is 20.6. The van der Waals surface area contributed by atoms with Crippen LogP contribution in [0.1, 0.15) is 13.3 Å². The van der Waals surface area contributed by atoms with E-state index in [2.05, 4.69) is 0 Å². The minimum Gasteiger partial charge on any atom is -0.223 e. The lowest BCUT2D eigenvalue weighted by Crippen LogP contribution is -2.46. The van der Waals surface area contributed by atoms with Gasteiger partial charge in [-0.05, 0) is 46.0 Å². The molecule has 0 N–H and O–H groups in total. The van der Waals surface area contributed by atoms with Crippen molar-refractivity contribution in [3.63, 3.8) is 0 Å². The summed E-state index contributed by atoms with van der Waals surface area (Å²) in [6.07, 6.45) is 3.83. The van der Waals surface area contributed by atoms with Crippen LogP contribution in [0, 0.1) is 5.92 Å². The Hall–Kier alpha value is -2.96. The van der Waals surface area contributed by atoms with Crippen molar-refractivity contribution in [1.29, 1.82) is 0 Å². The number of benzene rings is 4. The third kappa shape index (κ3) is 2.80. The van der Waals surface area contributed by atoms with Crippen LogP contribution in [0.2, 0.25) is 0 Å². The summed E-state index contributed by atoms with van der Waals surface area (Å²) < 4.78 is 56.7. The maximum atomic E-state index is 14.2. The second kappa shape index (κ2) is 7.02. The summed E-state index contributed by atoms with van der Waals surface area (Å²) in [5.74, 6) is -0.412. The van der Waals surface area contributed by atoms with E-state index in [1.54, 1.807) is 19.1 Å². The molecule has 166 valence electrons. The van der Waals surface area contributed by atoms with Crippen molar-refractivity contribution in [2.24, 2.45) is 5.92 Å². The standard InChI is InChI=1S/C27H22O4S2/c1-17-7-6-12-24-27(17)33(30,31)23-16-14-19-9-3-5-11-21(19)26(23)25-20-10-4-2-8-18(20)13-15-22(25)32(24,28)29/h2-11,13-17,24,27H,12H2,1H3/t17-,24+,27-/m1/s1. The van der Waals surface area contributed by atoms with Gasteiger partial charge in [-0.3, -0.25) is 0 Å². The zero-order valence-electron chi connectivity index (χ0n) is 18.0. The Morgan fingerprint density at radius 1 is 0.667 bits per heavy atom. The maximum absolute atomic E-state index is 14.2. The molecule has 6 heteroatoms. The highest BCUT2D eigenvalue weighted by atomic mass is 32.2. The molecule has 33 heavy (non-hydrogen) atoms. The highest BCUT2D eigenvalue weighted by Crippen LogP contribution is 2.48. The van der Waals surface area contributed by atoms with E-state index in [9.17, 15) is 16.8 Å². The van der Waals surface area contributed by atoms with Gasteiger partial charge in [0.15, 0.2) is 19.7 Å². The molecule has 1 aliphatic carbocycles. The van der Waals surface area contributed by atoms with Crippen molar-refractivity contribution in [3.05, 3.63) is 84.9 Å². The lowest BCUT2D eigenvalue weighted by molar-refractivity contribution is 0.507. The molecular weight excluding hydrogens is 452 g/mol. The molecular formula is C27H22O4S2. The van der Waals surface area contributed by atoms with Crippen LogP contribution in [-0.4, -0.2) is 27.3 Å². The summed E-state index contributed by atoms with van der Waals surface area (Å²) in [5.41, 5.74) is 0.979. The molecule has 0 amide bonds. The number of hydrogen-bond acceptors (Lipinski definition) is 4. The Morgan fingerprint density at radius 2 is 1.18 bits per heavy atom. The van der Waals surface area contributed by atoms with Crippen molar-refractivity contribution >= 4 is 41.2 Å². The largest absolute Gasteiger partial charge is 0.223 e. The van der Waals surface area contributed by atoms with Crippen LogP contribution >= 0.6 is 0 Å². The minimum absolute atomic E-state index is 0.186. The van der Waals surface area contributed by atoms with Gasteiger partial charge in [-0.15, -0.1) is 0 Å². The third-order valence-corrected chi connectivity index (χ3v) is 11.9. The normalized spacial score (nSPS) is 24.9. The molecule has 0 spiro atoms. The highest BCUT2D eigenvalue weighted by Gasteiger charge is 2.49. The fourth-order valence-corrected chi connectivity index (χ4v) is 10.7. The highest BCUT2D eigenvalue weighted by molar-refractivity contribution is 7.96. The van der Waals surface area contributed by atoms with E-state index in [1.807, 2.05) is 72.8 Å². The van der Waals surface area contributed by atoms with Gasteiger partial charge in [-0.1, -0.05) is 79.7 Å². The quantitative estimate of drug-likeness (QED) is 0.313. The Labute approximate surface area is 193 Å². The lowest BCUT2D eigenvalue weighted by atomic mass is 9.93. The number of fused-ring (bicyclic) bond motifs is 8. The molecule has 4 aromatic rings. The average molecular weight is 475 g/mol. The molecule has 0 fully saturated rings. The monoisotopic (exact) mass is 474 g/mol. The zero-order valence-corrected chi connectivity index (χ0v) is 19.6. The van der Waals surface area contributed by atoms with Crippen LogP contribution in [0.25, 0.3) is 32.7 Å². The molecule has 2 aliphatic rings. The Morgan fingerprint density at radius 3 is 1.76 bits per heavy atom. The van der Waals surface area contributed by atoms with Crippen LogP contribution in [0.3, 0.4) is 0 Å². The van der Waals surface area contributed by atoms with Gasteiger partial charge in [0.05, 0.1) is 20.3 Å². The van der Waals surface area contributed by atoms with Crippen LogP contribution < -0.4 is 0 Å². The SMILES string of the molecule is C[C@@H]1C=CC[C@H]2[C@@H]1S(=O)(=O)c1ccc3ccccc3c1-c1c(ccc3ccccc13)S2(=O)=O. The second-order valence-electron chi connectivity index (χ2n) is 8.94. The van der Waals surface area contributed by atoms with Gasteiger partial charge in [-0.2, -0.15) is 0 Å². The molecule has 0 radical (unpaired) electrons. The molecule has 4 aromatic carbocycles. The molecule has 6 rings (SSSR count). The Kier molecular flexibility index (Phi) is 4.39. The predicted molar refractivity (Wildman–Crippen MR) is 132 cm³/mol. The molecule has 0 saturated heterocycles. The van der Waals surface area contributed by atoms with E-state index < -0.39 is 36.1 Å². The predicted octanol–water partition coefficient (Wildman–Crippen LogP) is 5.55. The summed E-state index contributed by atoms with van der Waals surface area (Å²) in [6.45, 7) is 1.80. The molecule has 0 saturated carbocycles. The van der Waals surface area contributed by atoms with E-state index >= 15 is 0 Å². The van der Waals surface area contributed by atoms with Crippen molar-refractivity contribution in [1.82, 2.24) is 0 Å². The lowest BCUT2D eigenvalue weighted by Gasteiger charge is -2.35. The fraction of sp³-hybridized carbons (Fsp3) is 0.185. The van der Waals surface area contributed by atoms with Gasteiger partial charge in [-0.25, -0.2) is 16.8 Å². The Bertz CT molecular complexity index is 1700. The average Bonchev–Trinajstić information content (AvgIpc) is 2.81. The number of hydrogen-bond donors (Lipinski definition) is 0. The first-order valence-corrected chi connectivity index (χ1v) is 14.1. The van der Waals surface area contributed by atoms with Gasteiger partial charge in [0.1, 0.15) is 0 Å². The molecule has 0 unspecified atom stereocenters. The van der Waals surface area contributed by atoms with E-state index in [0.717, 1.165) is 21.5 Å². The molecule has 0 bridgehead atoms. The van der Waals surface area contributed by atoms with Crippen molar-refractivity contribution in [3.8, 4) is 11.1 Å². The summed E-state index contributed by atoms with van der Waals surface area (Å²) in [6, 6.07) is 22.1. The van der Waals surface area contributed by atoms with Crippen LogP contribution in [0.5, 0.6) is 0 Å². The van der Waals surface area contributed by atoms with E-state index in [4.69, 9.17) is 0 Å². The maximum Gasteiger partial charge on any atom is 0.183 e. The van der Waals surface area contributed by atoms with Gasteiger partial charge in [0.2, 0.25) is 0 Å². The third-order valence-electron chi connectivity index (χ3n) is 7.09. The van der Waals surface area contributed by atoms with Gasteiger partial charge >= 0.3 is 0 Å². The van der Waals surface area contributed by atoms with Gasteiger partial charge in [0, 0.05) is 11.1 Å². The summed E-state index contributed by atoms with van der Waals surface area (Å²) >= 11 is 0. The minimum atomic E-state index is -3.96. The molecule has 0 aromatic heterocycles. The number of rotatable bonds is 0. The van der Waals surface area contributed by atoms with Crippen LogP contribution in [0.15, 0.2) is 94.7 Å². The summed E-state index contributed by atoms with van der Waals surface area (Å²) in [5, 5.41) is 1.16. The molecule has 3 atom stereocenters. The second-order valence-corrected chi connectivity index (χ2v) is 13.1. The number of sulfone groups is 2. The topological polar surface area (TPSA) is 68.3 Å². The van der Waals surface area contributed by atoms with E-state index in [1.165, 1.54) is 0 Å². The van der Waals surface area contributed by atoms with Crippen LogP contribution in [-0.2, 0) is 19.7 Å². The fourth-order valence-electron chi connectivity index (χ4n) is 5.60.